The molecule has 0 spiro atoms. The van der Waals surface area contributed by atoms with Crippen LogP contribution in [0.5, 0.6) is 0 Å². The zero-order valence-electron chi connectivity index (χ0n) is 32.5. The van der Waals surface area contributed by atoms with E-state index in [1.54, 1.807) is 0 Å². The van der Waals surface area contributed by atoms with Crippen molar-refractivity contribution in [3.05, 3.63) is 218 Å². The summed E-state index contributed by atoms with van der Waals surface area (Å²) in [6.45, 7) is 0. The third-order valence-corrected chi connectivity index (χ3v) is 12.9. The number of benzene rings is 10. The Bertz CT molecular complexity index is 3570. The Morgan fingerprint density at radius 2 is 0.933 bits per heavy atom. The molecule has 0 aliphatic heterocycles. The summed E-state index contributed by atoms with van der Waals surface area (Å²) in [5.41, 5.74) is 10.7. The molecular weight excluding hydrogens is 749 g/mol. The minimum absolute atomic E-state index is 0.909. The number of fused-ring (bicyclic) bond motifs is 9. The molecule has 4 heteroatoms. The lowest BCUT2D eigenvalue weighted by Gasteiger charge is -2.30. The van der Waals surface area contributed by atoms with Crippen molar-refractivity contribution in [3.63, 3.8) is 0 Å². The summed E-state index contributed by atoms with van der Waals surface area (Å²) in [5, 5.41) is 9.60. The van der Waals surface area contributed by atoms with Crippen LogP contribution in [-0.4, -0.2) is 0 Å². The molecule has 0 saturated heterocycles. The zero-order valence-corrected chi connectivity index (χ0v) is 33.3. The lowest BCUT2D eigenvalue weighted by molar-refractivity contribution is 0.669. The second-order valence-corrected chi connectivity index (χ2v) is 16.4. The van der Waals surface area contributed by atoms with E-state index in [0.717, 1.165) is 61.4 Å². The number of rotatable bonds is 7. The first-order valence-electron chi connectivity index (χ1n) is 20.3. The number of anilines is 6. The van der Waals surface area contributed by atoms with E-state index in [1.807, 2.05) is 23.5 Å². The molecule has 12 aromatic rings. The molecule has 0 bridgehead atoms. The van der Waals surface area contributed by atoms with Crippen LogP contribution in [0.15, 0.2) is 223 Å². The Morgan fingerprint density at radius 3 is 1.82 bits per heavy atom. The van der Waals surface area contributed by atoms with Crippen molar-refractivity contribution in [2.24, 2.45) is 0 Å². The van der Waals surface area contributed by atoms with Crippen LogP contribution in [0.3, 0.4) is 0 Å². The highest BCUT2D eigenvalue weighted by Gasteiger charge is 2.21. The van der Waals surface area contributed by atoms with Crippen molar-refractivity contribution in [3.8, 4) is 11.1 Å². The summed E-state index contributed by atoms with van der Waals surface area (Å²) in [5.74, 6) is 0. The molecular formula is C56H36N2OS. The predicted octanol–water partition coefficient (Wildman–Crippen LogP) is 16.9. The van der Waals surface area contributed by atoms with Gasteiger partial charge in [0.25, 0.3) is 0 Å². The molecule has 60 heavy (non-hydrogen) atoms. The van der Waals surface area contributed by atoms with Gasteiger partial charge in [-0.05, 0) is 112 Å². The third-order valence-electron chi connectivity index (χ3n) is 11.8. The van der Waals surface area contributed by atoms with E-state index in [4.69, 9.17) is 4.42 Å². The van der Waals surface area contributed by atoms with E-state index in [1.165, 1.54) is 47.5 Å². The first-order chi connectivity index (χ1) is 29.7. The lowest BCUT2D eigenvalue weighted by atomic mass is 9.99. The number of hydrogen-bond acceptors (Lipinski definition) is 4. The smallest absolute Gasteiger partial charge is 0.136 e. The Kier molecular flexibility index (Phi) is 8.03. The van der Waals surface area contributed by atoms with Gasteiger partial charge in [0.05, 0.1) is 5.69 Å². The van der Waals surface area contributed by atoms with Crippen molar-refractivity contribution in [1.82, 2.24) is 0 Å². The maximum Gasteiger partial charge on any atom is 0.136 e. The van der Waals surface area contributed by atoms with Gasteiger partial charge < -0.3 is 14.2 Å². The van der Waals surface area contributed by atoms with E-state index in [9.17, 15) is 0 Å². The summed E-state index contributed by atoms with van der Waals surface area (Å²) in [6.07, 6.45) is 0. The molecule has 0 atom stereocenters. The number of nitrogens with zero attached hydrogens (tertiary/aromatic N) is 2. The normalized spacial score (nSPS) is 11.7. The number of hydrogen-bond donors (Lipinski definition) is 0. The highest BCUT2D eigenvalue weighted by atomic mass is 32.1. The minimum Gasteiger partial charge on any atom is -0.456 e. The fraction of sp³-hybridized carbons (Fsp3) is 0. The lowest BCUT2D eigenvalue weighted by Crippen LogP contribution is -2.13. The van der Waals surface area contributed by atoms with E-state index < -0.39 is 0 Å². The second kappa shape index (κ2) is 14.0. The SMILES string of the molecule is c1ccc(-c2ccccc2N(c2cccc(N(c3ccccc3)c3ccc4ccc5cc6oc7ccccc7c6cc5c4c3)c2)c2ccc3c(c2)sc2ccccc23)cc1. The molecule has 282 valence electrons. The maximum absolute atomic E-state index is 6.30. The fourth-order valence-corrected chi connectivity index (χ4v) is 10.1. The van der Waals surface area contributed by atoms with E-state index in [2.05, 4.69) is 216 Å². The van der Waals surface area contributed by atoms with Crippen LogP contribution in [0.2, 0.25) is 0 Å². The van der Waals surface area contributed by atoms with Crippen LogP contribution in [0, 0.1) is 0 Å². The van der Waals surface area contributed by atoms with Crippen LogP contribution in [-0.2, 0) is 0 Å². The van der Waals surface area contributed by atoms with Gasteiger partial charge in [-0.1, -0.05) is 133 Å². The zero-order chi connectivity index (χ0) is 39.6. The Hall–Kier alpha value is -7.66. The predicted molar refractivity (Wildman–Crippen MR) is 256 cm³/mol. The van der Waals surface area contributed by atoms with Gasteiger partial charge in [0.2, 0.25) is 0 Å². The number of furan rings is 1. The van der Waals surface area contributed by atoms with Gasteiger partial charge in [-0.15, -0.1) is 11.3 Å². The van der Waals surface area contributed by atoms with Crippen molar-refractivity contribution < 1.29 is 4.42 Å². The molecule has 0 aliphatic carbocycles. The van der Waals surface area contributed by atoms with Crippen LogP contribution in [0.4, 0.5) is 34.1 Å². The molecule has 12 rings (SSSR count). The van der Waals surface area contributed by atoms with E-state index in [-0.39, 0.29) is 0 Å². The van der Waals surface area contributed by atoms with Crippen molar-refractivity contribution in [2.45, 2.75) is 0 Å². The molecule has 10 aromatic carbocycles. The van der Waals surface area contributed by atoms with Gasteiger partial charge in [-0.2, -0.15) is 0 Å². The first-order valence-corrected chi connectivity index (χ1v) is 21.1. The maximum atomic E-state index is 6.30. The summed E-state index contributed by atoms with van der Waals surface area (Å²) >= 11 is 1.85. The first kappa shape index (κ1) is 34.4. The average Bonchev–Trinajstić information content (AvgIpc) is 3.87. The van der Waals surface area contributed by atoms with Gasteiger partial charge in [0.15, 0.2) is 0 Å². The fourth-order valence-electron chi connectivity index (χ4n) is 9.01. The summed E-state index contributed by atoms with van der Waals surface area (Å²) in [6, 6.07) is 78.9. The molecule has 0 unspecified atom stereocenters. The van der Waals surface area contributed by atoms with Crippen LogP contribution in [0.1, 0.15) is 0 Å². The molecule has 0 amide bonds. The standard InChI is InChI=1S/C56H36N2OS/c1-3-14-37(15-4-1)45-20-7-10-23-52(45)58(44-30-31-48-47-22-9-12-25-55(47)60-56(48)35-44)42-19-13-18-41(33-42)57(40-16-5-2-6-17-40)43-29-28-38-26-27-39-32-54-51(36-50(39)49(38)34-43)46-21-8-11-24-53(46)59-54/h1-36H. The summed E-state index contributed by atoms with van der Waals surface area (Å²) in [7, 11) is 0. The van der Waals surface area contributed by atoms with Gasteiger partial charge in [-0.25, -0.2) is 0 Å². The van der Waals surface area contributed by atoms with Crippen molar-refractivity contribution >= 4 is 109 Å². The van der Waals surface area contributed by atoms with Crippen LogP contribution < -0.4 is 9.80 Å². The van der Waals surface area contributed by atoms with Crippen LogP contribution >= 0.6 is 11.3 Å². The van der Waals surface area contributed by atoms with Crippen LogP contribution in [0.25, 0.3) is 74.8 Å². The average molecular weight is 785 g/mol. The van der Waals surface area contributed by atoms with E-state index >= 15 is 0 Å². The molecule has 0 radical (unpaired) electrons. The molecule has 0 fully saturated rings. The largest absolute Gasteiger partial charge is 0.456 e. The molecule has 2 heterocycles. The number of para-hydroxylation sites is 3. The molecule has 3 nitrogen and oxygen atoms in total. The minimum atomic E-state index is 0.909. The highest BCUT2D eigenvalue weighted by Crippen LogP contribution is 2.46. The molecule has 0 aliphatic rings. The molecule has 2 aromatic heterocycles. The van der Waals surface area contributed by atoms with Gasteiger partial charge >= 0.3 is 0 Å². The third kappa shape index (κ3) is 5.72. The second-order valence-electron chi connectivity index (χ2n) is 15.3. The van der Waals surface area contributed by atoms with Gasteiger partial charge in [-0.3, -0.25) is 0 Å². The monoisotopic (exact) mass is 784 g/mol. The Labute approximate surface area is 351 Å². The Morgan fingerprint density at radius 1 is 0.317 bits per heavy atom. The summed E-state index contributed by atoms with van der Waals surface area (Å²) in [4.78, 5) is 4.80. The Balaban J connectivity index is 1.06. The van der Waals surface area contributed by atoms with Gasteiger partial charge in [0.1, 0.15) is 11.2 Å². The van der Waals surface area contributed by atoms with Gasteiger partial charge in [0, 0.05) is 64.9 Å². The van der Waals surface area contributed by atoms with E-state index in [0.29, 0.717) is 0 Å². The topological polar surface area (TPSA) is 19.6 Å². The molecule has 0 N–H and O–H groups in total. The molecule has 0 saturated carbocycles. The quantitative estimate of drug-likeness (QED) is 0.150. The van der Waals surface area contributed by atoms with Crippen molar-refractivity contribution in [1.29, 1.82) is 0 Å². The number of thiophene rings is 1. The summed E-state index contributed by atoms with van der Waals surface area (Å²) < 4.78 is 8.86. The van der Waals surface area contributed by atoms with Crippen molar-refractivity contribution in [2.75, 3.05) is 9.80 Å². The highest BCUT2D eigenvalue weighted by molar-refractivity contribution is 7.25.